The minimum absolute atomic E-state index is 0.0388. The maximum absolute atomic E-state index is 12.5. The first-order valence-electron chi connectivity index (χ1n) is 6.65. The maximum Gasteiger partial charge on any atom is 0.270 e. The van der Waals surface area contributed by atoms with E-state index in [-0.39, 0.29) is 10.8 Å². The average Bonchev–Trinajstić information content (AvgIpc) is 3.09. The zero-order valence-corrected chi connectivity index (χ0v) is 13.8. The van der Waals surface area contributed by atoms with Crippen molar-refractivity contribution < 1.29 is 13.3 Å². The predicted molar refractivity (Wildman–Crippen MR) is 88.1 cm³/mol. The molecule has 128 valence electrons. The number of aromatic nitrogens is 4. The summed E-state index contributed by atoms with van der Waals surface area (Å²) in [5.74, 6) is 0.297. The molecule has 0 bridgehead atoms. The third-order valence-electron chi connectivity index (χ3n) is 3.05. The van der Waals surface area contributed by atoms with Crippen LogP contribution in [-0.4, -0.2) is 33.1 Å². The van der Waals surface area contributed by atoms with Crippen molar-refractivity contribution in [2.75, 3.05) is 4.72 Å². The second-order valence-electron chi connectivity index (χ2n) is 4.69. The second-order valence-corrected chi connectivity index (χ2v) is 6.75. The van der Waals surface area contributed by atoms with Gasteiger partial charge in [-0.25, -0.2) is 23.1 Å². The van der Waals surface area contributed by atoms with Gasteiger partial charge in [0.05, 0.1) is 9.95 Å². The number of nitro groups is 1. The van der Waals surface area contributed by atoms with Crippen LogP contribution in [0.2, 0.25) is 5.02 Å². The Morgan fingerprint density at radius 2 is 2.04 bits per heavy atom. The highest BCUT2D eigenvalue weighted by Gasteiger charge is 2.22. The lowest BCUT2D eigenvalue weighted by Crippen LogP contribution is -2.15. The average molecular weight is 381 g/mol. The molecule has 12 heteroatoms. The number of non-ortho nitro benzene ring substituents is 1. The van der Waals surface area contributed by atoms with Gasteiger partial charge in [-0.3, -0.25) is 14.8 Å². The van der Waals surface area contributed by atoms with E-state index >= 15 is 0 Å². The van der Waals surface area contributed by atoms with Crippen LogP contribution in [0.3, 0.4) is 0 Å². The standard InChI is InChI=1S/C13H9ClN6O4S/c14-10-3-2-9(20(21)22)6-11(10)25(23,24)18-12-7-13(16-8-15-12)19-5-1-4-17-19/h1-8H,(H,15,16,18). The number of rotatable bonds is 5. The molecule has 1 aromatic carbocycles. The molecular formula is C13H9ClN6O4S. The van der Waals surface area contributed by atoms with Gasteiger partial charge < -0.3 is 0 Å². The molecule has 0 spiro atoms. The van der Waals surface area contributed by atoms with Crippen LogP contribution >= 0.6 is 11.6 Å². The maximum atomic E-state index is 12.5. The summed E-state index contributed by atoms with van der Waals surface area (Å²) in [5, 5.41) is 14.7. The number of anilines is 1. The predicted octanol–water partition coefficient (Wildman–Crippen LogP) is 2.02. The highest BCUT2D eigenvalue weighted by Crippen LogP contribution is 2.27. The largest absolute Gasteiger partial charge is 0.270 e. The van der Waals surface area contributed by atoms with Crippen molar-refractivity contribution in [2.24, 2.45) is 0 Å². The molecule has 0 fully saturated rings. The fourth-order valence-corrected chi connectivity index (χ4v) is 3.46. The molecule has 0 saturated heterocycles. The topological polar surface area (TPSA) is 133 Å². The lowest BCUT2D eigenvalue weighted by molar-refractivity contribution is -0.385. The molecule has 3 rings (SSSR count). The van der Waals surface area contributed by atoms with Crippen LogP contribution in [0.5, 0.6) is 0 Å². The molecule has 0 amide bonds. The van der Waals surface area contributed by atoms with Crippen molar-refractivity contribution in [3.8, 4) is 5.82 Å². The zero-order chi connectivity index (χ0) is 18.0. The van der Waals surface area contributed by atoms with Crippen LogP contribution in [0.1, 0.15) is 0 Å². The van der Waals surface area contributed by atoms with Crippen molar-refractivity contribution in [1.29, 1.82) is 0 Å². The SMILES string of the molecule is O=[N+]([O-])c1ccc(Cl)c(S(=O)(=O)Nc2cc(-n3cccn3)ncn2)c1. The lowest BCUT2D eigenvalue weighted by Gasteiger charge is -2.09. The Morgan fingerprint density at radius 1 is 1.24 bits per heavy atom. The molecular weight excluding hydrogens is 372 g/mol. The van der Waals surface area contributed by atoms with E-state index in [4.69, 9.17) is 11.6 Å². The van der Waals surface area contributed by atoms with E-state index in [0.29, 0.717) is 5.82 Å². The molecule has 25 heavy (non-hydrogen) atoms. The molecule has 10 nitrogen and oxygen atoms in total. The van der Waals surface area contributed by atoms with Crippen LogP contribution in [0.4, 0.5) is 11.5 Å². The van der Waals surface area contributed by atoms with E-state index < -0.39 is 25.5 Å². The number of nitro benzene ring substituents is 1. The van der Waals surface area contributed by atoms with E-state index in [1.807, 2.05) is 0 Å². The van der Waals surface area contributed by atoms with Gasteiger partial charge >= 0.3 is 0 Å². The van der Waals surface area contributed by atoms with Gasteiger partial charge in [-0.15, -0.1) is 0 Å². The van der Waals surface area contributed by atoms with Crippen molar-refractivity contribution >= 4 is 33.1 Å². The number of nitrogens with zero attached hydrogens (tertiary/aromatic N) is 5. The first-order chi connectivity index (χ1) is 11.9. The number of halogens is 1. The van der Waals surface area contributed by atoms with Gasteiger partial charge in [0.15, 0.2) is 5.82 Å². The number of hydrogen-bond acceptors (Lipinski definition) is 7. The summed E-state index contributed by atoms with van der Waals surface area (Å²) in [7, 11) is -4.19. The molecule has 1 N–H and O–H groups in total. The molecule has 0 aliphatic rings. The van der Waals surface area contributed by atoms with E-state index in [1.54, 1.807) is 12.3 Å². The Morgan fingerprint density at radius 3 is 2.72 bits per heavy atom. The fraction of sp³-hybridized carbons (Fsp3) is 0. The first kappa shape index (κ1) is 16.8. The normalized spacial score (nSPS) is 11.2. The van der Waals surface area contributed by atoms with Crippen LogP contribution in [0.15, 0.2) is 53.9 Å². The number of nitrogens with one attached hydrogen (secondary N) is 1. The lowest BCUT2D eigenvalue weighted by atomic mass is 10.3. The molecule has 0 radical (unpaired) electrons. The Bertz CT molecular complexity index is 1040. The minimum atomic E-state index is -4.19. The quantitative estimate of drug-likeness (QED) is 0.528. The molecule has 2 aromatic heterocycles. The van der Waals surface area contributed by atoms with E-state index in [9.17, 15) is 18.5 Å². The molecule has 2 heterocycles. The fourth-order valence-electron chi connectivity index (χ4n) is 1.94. The van der Waals surface area contributed by atoms with Crippen LogP contribution < -0.4 is 4.72 Å². The van der Waals surface area contributed by atoms with Crippen LogP contribution in [-0.2, 0) is 10.0 Å². The molecule has 0 aliphatic carbocycles. The number of sulfonamides is 1. The van der Waals surface area contributed by atoms with Gasteiger partial charge in [0.2, 0.25) is 0 Å². The Hall–Kier alpha value is -3.05. The van der Waals surface area contributed by atoms with Crippen LogP contribution in [0.25, 0.3) is 5.82 Å². The Balaban J connectivity index is 1.96. The summed E-state index contributed by atoms with van der Waals surface area (Å²) in [6.07, 6.45) is 4.32. The smallest absolute Gasteiger partial charge is 0.263 e. The summed E-state index contributed by atoms with van der Waals surface area (Å²) < 4.78 is 28.6. The summed E-state index contributed by atoms with van der Waals surface area (Å²) >= 11 is 5.88. The summed E-state index contributed by atoms with van der Waals surface area (Å²) in [4.78, 5) is 17.5. The van der Waals surface area contributed by atoms with Gasteiger partial charge in [-0.2, -0.15) is 5.10 Å². The van der Waals surface area contributed by atoms with Gasteiger partial charge in [-0.05, 0) is 12.1 Å². The zero-order valence-electron chi connectivity index (χ0n) is 12.3. The number of hydrogen-bond donors (Lipinski definition) is 1. The summed E-state index contributed by atoms with van der Waals surface area (Å²) in [6.45, 7) is 0. The minimum Gasteiger partial charge on any atom is -0.263 e. The van der Waals surface area contributed by atoms with Gasteiger partial charge in [0.25, 0.3) is 15.7 Å². The van der Waals surface area contributed by atoms with Gasteiger partial charge in [0, 0.05) is 30.6 Å². The molecule has 0 saturated carbocycles. The van der Waals surface area contributed by atoms with Crippen molar-refractivity contribution in [3.05, 3.63) is 64.2 Å². The van der Waals surface area contributed by atoms with E-state index in [1.165, 1.54) is 16.9 Å². The highest BCUT2D eigenvalue weighted by atomic mass is 35.5. The Kier molecular flexibility index (Phi) is 4.33. The van der Waals surface area contributed by atoms with Gasteiger partial charge in [0.1, 0.15) is 17.0 Å². The molecule has 0 atom stereocenters. The third-order valence-corrected chi connectivity index (χ3v) is 4.88. The summed E-state index contributed by atoms with van der Waals surface area (Å²) in [5.41, 5.74) is -0.398. The van der Waals surface area contributed by atoms with Gasteiger partial charge in [-0.1, -0.05) is 11.6 Å². The second kappa shape index (κ2) is 6.45. The van der Waals surface area contributed by atoms with Crippen molar-refractivity contribution in [3.63, 3.8) is 0 Å². The monoisotopic (exact) mass is 380 g/mol. The third kappa shape index (κ3) is 3.56. The molecule has 3 aromatic rings. The van der Waals surface area contributed by atoms with Crippen molar-refractivity contribution in [2.45, 2.75) is 4.90 Å². The number of benzene rings is 1. The first-order valence-corrected chi connectivity index (χ1v) is 8.52. The summed E-state index contributed by atoms with van der Waals surface area (Å²) in [6, 6.07) is 6.16. The molecule has 0 aliphatic heterocycles. The molecule has 0 unspecified atom stereocenters. The van der Waals surface area contributed by atoms with Crippen LogP contribution in [0, 0.1) is 10.1 Å². The van der Waals surface area contributed by atoms with Crippen molar-refractivity contribution in [1.82, 2.24) is 19.7 Å². The highest BCUT2D eigenvalue weighted by molar-refractivity contribution is 7.92. The Labute approximate surface area is 146 Å². The van der Waals surface area contributed by atoms with E-state index in [0.717, 1.165) is 24.5 Å². The van der Waals surface area contributed by atoms with E-state index in [2.05, 4.69) is 19.8 Å².